The van der Waals surface area contributed by atoms with Crippen molar-refractivity contribution in [2.45, 2.75) is 79.6 Å². The summed E-state index contributed by atoms with van der Waals surface area (Å²) < 4.78 is 0. The van der Waals surface area contributed by atoms with Gasteiger partial charge in [0.15, 0.2) is 0 Å². The second kappa shape index (κ2) is 13.1. The van der Waals surface area contributed by atoms with Gasteiger partial charge in [0.25, 0.3) is 0 Å². The second-order valence-electron chi connectivity index (χ2n) is 15.7. The molecule has 4 aliphatic carbocycles. The number of allylic oxidation sites excluding steroid dienone is 9. The molecular formula is C47H48N4S. The van der Waals surface area contributed by atoms with Gasteiger partial charge in [-0.25, -0.2) is 0 Å². The maximum atomic E-state index is 4.02. The lowest BCUT2D eigenvalue weighted by Crippen LogP contribution is -2.64. The fourth-order valence-electron chi connectivity index (χ4n) is 10.1. The summed E-state index contributed by atoms with van der Waals surface area (Å²) in [5.41, 5.74) is 12.5. The van der Waals surface area contributed by atoms with E-state index in [0.29, 0.717) is 28.5 Å². The van der Waals surface area contributed by atoms with Gasteiger partial charge in [-0.1, -0.05) is 127 Å². The van der Waals surface area contributed by atoms with Crippen LogP contribution in [0.25, 0.3) is 0 Å². The first kappa shape index (κ1) is 32.5. The Bertz CT molecular complexity index is 2070. The summed E-state index contributed by atoms with van der Waals surface area (Å²) in [5.74, 6) is 0.524. The van der Waals surface area contributed by atoms with Gasteiger partial charge in [0, 0.05) is 22.1 Å². The summed E-state index contributed by atoms with van der Waals surface area (Å²) in [6.07, 6.45) is 27.7. The Kier molecular flexibility index (Phi) is 8.17. The molecule has 3 heterocycles. The van der Waals surface area contributed by atoms with Crippen molar-refractivity contribution >= 4 is 17.4 Å². The van der Waals surface area contributed by atoms with Crippen molar-refractivity contribution in [2.75, 3.05) is 11.9 Å². The summed E-state index contributed by atoms with van der Waals surface area (Å²) >= 11 is 2.20. The minimum absolute atomic E-state index is 0.0197. The topological polar surface area (TPSA) is 30.5 Å². The molecule has 0 saturated carbocycles. The maximum absolute atomic E-state index is 4.02. The van der Waals surface area contributed by atoms with E-state index >= 15 is 0 Å². The predicted octanol–water partition coefficient (Wildman–Crippen LogP) is 9.79. The first-order valence-electron chi connectivity index (χ1n) is 19.3. The molecule has 3 aromatic carbocycles. The highest BCUT2D eigenvalue weighted by atomic mass is 32.2. The summed E-state index contributed by atoms with van der Waals surface area (Å²) in [6, 6.07) is 32.1. The Morgan fingerprint density at radius 1 is 0.750 bits per heavy atom. The number of fused-ring (bicyclic) bond motifs is 6. The molecule has 262 valence electrons. The lowest BCUT2D eigenvalue weighted by atomic mass is 9.79. The Hall–Kier alpha value is -4.13. The van der Waals surface area contributed by atoms with Gasteiger partial charge in [-0.05, 0) is 103 Å². The van der Waals surface area contributed by atoms with Crippen molar-refractivity contribution in [1.29, 1.82) is 0 Å². The standard InChI is InChI=1S/C47H48N4S/c1-47(34-16-7-4-8-17-34)48-45(31-14-5-3-6-15-31)50(2)46(49-47)32-24-27-35(28-25-32)51-41-22-11-9-18-37(41)38-29-26-33(30-42(38)51)36-20-13-21-40-39-19-10-12-23-43(39)52-44(36)40/h3-8,10,12-21,24-29,40-46,48-49H,9,11,22-23,30H2,1-2H3. The molecule has 8 unspecified atom stereocenters. The van der Waals surface area contributed by atoms with Gasteiger partial charge in [0.2, 0.25) is 0 Å². The lowest BCUT2D eigenvalue weighted by molar-refractivity contribution is -0.00204. The molecular weight excluding hydrogens is 653 g/mol. The van der Waals surface area contributed by atoms with Crippen LogP contribution < -0.4 is 15.5 Å². The highest BCUT2D eigenvalue weighted by Gasteiger charge is 2.46. The van der Waals surface area contributed by atoms with E-state index in [4.69, 9.17) is 0 Å². The van der Waals surface area contributed by atoms with Crippen LogP contribution in [0.2, 0.25) is 0 Å². The molecule has 3 saturated heterocycles. The van der Waals surface area contributed by atoms with Crippen molar-refractivity contribution in [3.63, 3.8) is 0 Å². The number of benzene rings is 3. The maximum Gasteiger partial charge on any atom is 0.0950 e. The van der Waals surface area contributed by atoms with Crippen molar-refractivity contribution < 1.29 is 0 Å². The van der Waals surface area contributed by atoms with E-state index in [2.05, 4.69) is 186 Å². The molecule has 7 aliphatic rings. The van der Waals surface area contributed by atoms with E-state index in [1.165, 1.54) is 47.2 Å². The molecule has 4 nitrogen and oxygen atoms in total. The van der Waals surface area contributed by atoms with E-state index in [0.717, 1.165) is 12.8 Å². The smallest absolute Gasteiger partial charge is 0.0950 e. The highest BCUT2D eigenvalue weighted by Crippen LogP contribution is 2.54. The number of nitrogens with zero attached hydrogens (tertiary/aromatic N) is 2. The predicted molar refractivity (Wildman–Crippen MR) is 217 cm³/mol. The van der Waals surface area contributed by atoms with E-state index in [-0.39, 0.29) is 12.3 Å². The highest BCUT2D eigenvalue weighted by molar-refractivity contribution is 8.01. The largest absolute Gasteiger partial charge is 0.357 e. The quantitative estimate of drug-likeness (QED) is 0.277. The van der Waals surface area contributed by atoms with Crippen molar-refractivity contribution in [3.8, 4) is 0 Å². The van der Waals surface area contributed by atoms with Crippen molar-refractivity contribution in [2.24, 2.45) is 5.92 Å². The molecule has 0 radical (unpaired) electrons. The third-order valence-corrected chi connectivity index (χ3v) is 14.4. The number of nitrogens with one attached hydrogen (secondary N) is 2. The Balaban J connectivity index is 0.960. The number of rotatable bonds is 5. The minimum atomic E-state index is -0.413. The van der Waals surface area contributed by atoms with Crippen LogP contribution in [0.1, 0.15) is 68.0 Å². The van der Waals surface area contributed by atoms with E-state index in [1.807, 2.05) is 0 Å². The van der Waals surface area contributed by atoms with Crippen LogP contribution in [0.3, 0.4) is 0 Å². The van der Waals surface area contributed by atoms with Crippen LogP contribution >= 0.6 is 11.8 Å². The van der Waals surface area contributed by atoms with Crippen LogP contribution in [0.4, 0.5) is 5.69 Å². The minimum Gasteiger partial charge on any atom is -0.357 e. The van der Waals surface area contributed by atoms with E-state index in [9.17, 15) is 0 Å². The first-order valence-corrected chi connectivity index (χ1v) is 20.3. The number of hydrogen-bond acceptors (Lipinski definition) is 5. The van der Waals surface area contributed by atoms with Crippen LogP contribution in [0.5, 0.6) is 0 Å². The zero-order valence-electron chi connectivity index (χ0n) is 30.2. The lowest BCUT2D eigenvalue weighted by Gasteiger charge is -2.51. The van der Waals surface area contributed by atoms with E-state index in [1.54, 1.807) is 22.3 Å². The zero-order chi connectivity index (χ0) is 34.8. The molecule has 10 rings (SSSR count). The molecule has 52 heavy (non-hydrogen) atoms. The average Bonchev–Trinajstić information content (AvgIpc) is 3.75. The molecule has 0 aromatic heterocycles. The summed E-state index contributed by atoms with van der Waals surface area (Å²) in [7, 11) is 2.23. The molecule has 3 aliphatic heterocycles. The summed E-state index contributed by atoms with van der Waals surface area (Å²) in [6.45, 7) is 2.28. The Morgan fingerprint density at radius 2 is 1.50 bits per heavy atom. The molecule has 3 aromatic rings. The Morgan fingerprint density at radius 3 is 2.29 bits per heavy atom. The van der Waals surface area contributed by atoms with Gasteiger partial charge in [-0.2, -0.15) is 0 Å². The fourth-order valence-corrected chi connectivity index (χ4v) is 11.9. The zero-order valence-corrected chi connectivity index (χ0v) is 31.0. The van der Waals surface area contributed by atoms with Gasteiger partial charge in [-0.15, -0.1) is 11.8 Å². The first-order chi connectivity index (χ1) is 25.6. The third kappa shape index (κ3) is 5.39. The molecule has 0 bridgehead atoms. The molecule has 3 fully saturated rings. The molecule has 8 atom stereocenters. The van der Waals surface area contributed by atoms with Crippen molar-refractivity contribution in [3.05, 3.63) is 184 Å². The number of thioether (sulfide) groups is 1. The average molecular weight is 701 g/mol. The van der Waals surface area contributed by atoms with Gasteiger partial charge < -0.3 is 4.90 Å². The monoisotopic (exact) mass is 700 g/mol. The number of anilines is 1. The van der Waals surface area contributed by atoms with E-state index < -0.39 is 5.66 Å². The Labute approximate surface area is 313 Å². The summed E-state index contributed by atoms with van der Waals surface area (Å²) in [5, 5.41) is 9.13. The van der Waals surface area contributed by atoms with Gasteiger partial charge in [0.1, 0.15) is 0 Å². The van der Waals surface area contributed by atoms with Gasteiger partial charge in [-0.3, -0.25) is 15.5 Å². The number of hydrogen-bond donors (Lipinski definition) is 2. The van der Waals surface area contributed by atoms with Crippen LogP contribution in [0.15, 0.2) is 167 Å². The normalized spacial score (nSPS) is 33.5. The molecule has 0 spiro atoms. The fraction of sp³-hybridized carbons (Fsp3) is 0.319. The van der Waals surface area contributed by atoms with Crippen LogP contribution in [-0.2, 0) is 5.66 Å². The third-order valence-electron chi connectivity index (χ3n) is 12.7. The molecule has 5 heteroatoms. The molecule has 2 N–H and O–H groups in total. The van der Waals surface area contributed by atoms with Crippen LogP contribution in [-0.4, -0.2) is 34.5 Å². The van der Waals surface area contributed by atoms with Gasteiger partial charge >= 0.3 is 0 Å². The second-order valence-corrected chi connectivity index (χ2v) is 17.1. The summed E-state index contributed by atoms with van der Waals surface area (Å²) in [4.78, 5) is 5.23. The van der Waals surface area contributed by atoms with Crippen molar-refractivity contribution in [1.82, 2.24) is 15.5 Å². The SMILES string of the molecule is CN1C(c2ccccc2)NC(C)(c2ccccc2)NC1c1ccc(N2C3CCCC=C3C3=CC=C(C4=CC=CC5C6=CC=CCC6SC45)CC32)cc1. The van der Waals surface area contributed by atoms with Crippen LogP contribution in [0, 0.1) is 5.92 Å². The van der Waals surface area contributed by atoms with Gasteiger partial charge in [0.05, 0.1) is 30.1 Å². The molecule has 0 amide bonds.